The highest BCUT2D eigenvalue weighted by Crippen LogP contribution is 2.28. The van der Waals surface area contributed by atoms with Gasteiger partial charge in [0.2, 0.25) is 0 Å². The van der Waals surface area contributed by atoms with E-state index in [0.29, 0.717) is 18.2 Å². The summed E-state index contributed by atoms with van der Waals surface area (Å²) in [5, 5.41) is 3.72. The lowest BCUT2D eigenvalue weighted by Gasteiger charge is -2.26. The van der Waals surface area contributed by atoms with E-state index in [1.165, 1.54) is 44.9 Å². The van der Waals surface area contributed by atoms with Crippen molar-refractivity contribution in [3.05, 3.63) is 0 Å². The Labute approximate surface area is 100 Å². The van der Waals surface area contributed by atoms with Crippen LogP contribution in [0.1, 0.15) is 58.8 Å². The van der Waals surface area contributed by atoms with Gasteiger partial charge in [-0.05, 0) is 39.0 Å². The lowest BCUT2D eigenvalue weighted by atomic mass is 9.98. The molecular formula is C14H27NO. The van der Waals surface area contributed by atoms with Crippen molar-refractivity contribution in [3.63, 3.8) is 0 Å². The summed E-state index contributed by atoms with van der Waals surface area (Å²) in [6, 6.07) is 1.18. The third kappa shape index (κ3) is 3.46. The molecule has 0 amide bonds. The highest BCUT2D eigenvalue weighted by atomic mass is 16.5. The van der Waals surface area contributed by atoms with Gasteiger partial charge in [-0.25, -0.2) is 0 Å². The molecule has 0 aromatic carbocycles. The van der Waals surface area contributed by atoms with Gasteiger partial charge in [-0.15, -0.1) is 0 Å². The largest absolute Gasteiger partial charge is 0.377 e. The van der Waals surface area contributed by atoms with E-state index in [0.717, 1.165) is 12.5 Å². The third-order valence-corrected chi connectivity index (χ3v) is 4.23. The molecule has 2 nitrogen and oxygen atoms in total. The normalized spacial score (nSPS) is 30.8. The molecule has 2 aliphatic rings. The zero-order valence-electron chi connectivity index (χ0n) is 10.9. The predicted molar refractivity (Wildman–Crippen MR) is 67.6 cm³/mol. The standard InChI is InChI=1S/C14H27NO/c1-11(10-13-6-3-4-7-13)15-12(2)14-8-5-9-16-14/h11-15H,3-10H2,1-2H3. The Morgan fingerprint density at radius 1 is 1.12 bits per heavy atom. The first-order valence-electron chi connectivity index (χ1n) is 7.13. The topological polar surface area (TPSA) is 21.3 Å². The van der Waals surface area contributed by atoms with E-state index in [4.69, 9.17) is 4.74 Å². The van der Waals surface area contributed by atoms with Crippen LogP contribution in [0.5, 0.6) is 0 Å². The van der Waals surface area contributed by atoms with Crippen LogP contribution in [-0.2, 0) is 4.74 Å². The summed E-state index contributed by atoms with van der Waals surface area (Å²) in [4.78, 5) is 0. The van der Waals surface area contributed by atoms with Crippen molar-refractivity contribution in [1.82, 2.24) is 5.32 Å². The highest BCUT2D eigenvalue weighted by molar-refractivity contribution is 4.81. The lowest BCUT2D eigenvalue weighted by molar-refractivity contribution is 0.0792. The molecule has 16 heavy (non-hydrogen) atoms. The van der Waals surface area contributed by atoms with Gasteiger partial charge in [-0.1, -0.05) is 25.7 Å². The third-order valence-electron chi connectivity index (χ3n) is 4.23. The SMILES string of the molecule is CC(CC1CCCC1)NC(C)C1CCCO1. The molecule has 94 valence electrons. The van der Waals surface area contributed by atoms with Crippen molar-refractivity contribution >= 4 is 0 Å². The van der Waals surface area contributed by atoms with Gasteiger partial charge in [-0.3, -0.25) is 0 Å². The predicted octanol–water partition coefficient (Wildman–Crippen LogP) is 3.11. The van der Waals surface area contributed by atoms with E-state index in [1.54, 1.807) is 0 Å². The molecule has 2 rings (SSSR count). The van der Waals surface area contributed by atoms with Crippen molar-refractivity contribution in [1.29, 1.82) is 0 Å². The second kappa shape index (κ2) is 6.02. The van der Waals surface area contributed by atoms with Crippen molar-refractivity contribution in [3.8, 4) is 0 Å². The smallest absolute Gasteiger partial charge is 0.0726 e. The molecule has 0 spiro atoms. The quantitative estimate of drug-likeness (QED) is 0.776. The van der Waals surface area contributed by atoms with Gasteiger partial charge in [-0.2, -0.15) is 0 Å². The van der Waals surface area contributed by atoms with Gasteiger partial charge >= 0.3 is 0 Å². The van der Waals surface area contributed by atoms with Crippen LogP contribution < -0.4 is 5.32 Å². The van der Waals surface area contributed by atoms with E-state index in [2.05, 4.69) is 19.2 Å². The molecule has 2 fully saturated rings. The molecule has 0 aromatic heterocycles. The lowest BCUT2D eigenvalue weighted by Crippen LogP contribution is -2.42. The Bertz CT molecular complexity index is 195. The van der Waals surface area contributed by atoms with Crippen molar-refractivity contribution < 1.29 is 4.74 Å². The van der Waals surface area contributed by atoms with Crippen LogP contribution in [0.3, 0.4) is 0 Å². The summed E-state index contributed by atoms with van der Waals surface area (Å²) in [5.74, 6) is 0.985. The number of nitrogens with one attached hydrogen (secondary N) is 1. The fourth-order valence-electron chi connectivity index (χ4n) is 3.37. The zero-order valence-corrected chi connectivity index (χ0v) is 10.9. The van der Waals surface area contributed by atoms with E-state index >= 15 is 0 Å². The van der Waals surface area contributed by atoms with Gasteiger partial charge in [0.1, 0.15) is 0 Å². The summed E-state index contributed by atoms with van der Waals surface area (Å²) in [6.45, 7) is 5.58. The first kappa shape index (κ1) is 12.4. The zero-order chi connectivity index (χ0) is 11.4. The second-order valence-corrected chi connectivity index (χ2v) is 5.79. The van der Waals surface area contributed by atoms with Crippen LogP contribution >= 0.6 is 0 Å². The average molecular weight is 225 g/mol. The molecule has 1 saturated heterocycles. The molecule has 0 aromatic rings. The Morgan fingerprint density at radius 2 is 1.88 bits per heavy atom. The molecule has 0 radical (unpaired) electrons. The molecule has 1 heterocycles. The Balaban J connectivity index is 1.66. The van der Waals surface area contributed by atoms with Crippen molar-refractivity contribution in [2.24, 2.45) is 5.92 Å². The van der Waals surface area contributed by atoms with E-state index in [1.807, 2.05) is 0 Å². The Morgan fingerprint density at radius 3 is 2.50 bits per heavy atom. The van der Waals surface area contributed by atoms with Gasteiger partial charge < -0.3 is 10.1 Å². The monoisotopic (exact) mass is 225 g/mol. The molecule has 1 aliphatic heterocycles. The molecule has 3 atom stereocenters. The average Bonchev–Trinajstić information content (AvgIpc) is 2.88. The summed E-state index contributed by atoms with van der Waals surface area (Å²) in [7, 11) is 0. The fraction of sp³-hybridized carbons (Fsp3) is 1.00. The number of ether oxygens (including phenoxy) is 1. The maximum Gasteiger partial charge on any atom is 0.0726 e. The molecule has 3 unspecified atom stereocenters. The summed E-state index contributed by atoms with van der Waals surface area (Å²) in [6.07, 6.45) is 10.1. The first-order chi connectivity index (χ1) is 7.75. The minimum Gasteiger partial charge on any atom is -0.377 e. The van der Waals surface area contributed by atoms with Crippen molar-refractivity contribution in [2.45, 2.75) is 77.0 Å². The number of rotatable bonds is 5. The summed E-state index contributed by atoms with van der Waals surface area (Å²) in [5.41, 5.74) is 0. The highest BCUT2D eigenvalue weighted by Gasteiger charge is 2.24. The molecule has 0 bridgehead atoms. The maximum atomic E-state index is 5.72. The number of hydrogen-bond donors (Lipinski definition) is 1. The second-order valence-electron chi connectivity index (χ2n) is 5.79. The minimum atomic E-state index is 0.464. The van der Waals surface area contributed by atoms with Crippen molar-refractivity contribution in [2.75, 3.05) is 6.61 Å². The first-order valence-corrected chi connectivity index (χ1v) is 7.13. The van der Waals surface area contributed by atoms with E-state index < -0.39 is 0 Å². The molecule has 2 heteroatoms. The Hall–Kier alpha value is -0.0800. The minimum absolute atomic E-state index is 0.464. The van der Waals surface area contributed by atoms with Gasteiger partial charge in [0.05, 0.1) is 6.10 Å². The maximum absolute atomic E-state index is 5.72. The Kier molecular flexibility index (Phi) is 4.66. The van der Waals surface area contributed by atoms with Crippen LogP contribution in [0.15, 0.2) is 0 Å². The van der Waals surface area contributed by atoms with E-state index in [-0.39, 0.29) is 0 Å². The van der Waals surface area contributed by atoms with Crippen LogP contribution in [0.4, 0.5) is 0 Å². The van der Waals surface area contributed by atoms with Gasteiger partial charge in [0.25, 0.3) is 0 Å². The van der Waals surface area contributed by atoms with Crippen LogP contribution in [-0.4, -0.2) is 24.8 Å². The van der Waals surface area contributed by atoms with Gasteiger partial charge in [0, 0.05) is 18.7 Å². The molecular weight excluding hydrogens is 198 g/mol. The van der Waals surface area contributed by atoms with E-state index in [9.17, 15) is 0 Å². The molecule has 1 aliphatic carbocycles. The van der Waals surface area contributed by atoms with Crippen LogP contribution in [0.25, 0.3) is 0 Å². The summed E-state index contributed by atoms with van der Waals surface area (Å²) >= 11 is 0. The fourth-order valence-corrected chi connectivity index (χ4v) is 3.37. The van der Waals surface area contributed by atoms with Gasteiger partial charge in [0.15, 0.2) is 0 Å². The molecule has 1 saturated carbocycles. The van der Waals surface area contributed by atoms with Crippen LogP contribution in [0.2, 0.25) is 0 Å². The summed E-state index contributed by atoms with van der Waals surface area (Å²) < 4.78 is 5.72. The molecule has 1 N–H and O–H groups in total. The van der Waals surface area contributed by atoms with Crippen LogP contribution in [0, 0.1) is 5.92 Å². The number of hydrogen-bond acceptors (Lipinski definition) is 2.